The molecule has 0 bridgehead atoms. The van der Waals surface area contributed by atoms with Crippen molar-refractivity contribution in [3.63, 3.8) is 0 Å². The van der Waals surface area contributed by atoms with E-state index in [2.05, 4.69) is 0 Å². The average Bonchev–Trinajstić information content (AvgIpc) is 2.19. The van der Waals surface area contributed by atoms with E-state index in [1.165, 1.54) is 0 Å². The first-order valence-electron chi connectivity index (χ1n) is 4.57. The second kappa shape index (κ2) is 5.23. The van der Waals surface area contributed by atoms with Crippen LogP contribution >= 0.6 is 0 Å². The monoisotopic (exact) mass is 205 g/mol. The van der Waals surface area contributed by atoms with Crippen LogP contribution in [0.4, 0.5) is 0 Å². The van der Waals surface area contributed by atoms with Crippen molar-refractivity contribution in [2.24, 2.45) is 0 Å². The first-order valence-corrected chi connectivity index (χ1v) is 4.57. The SMILES string of the molecule is COC1(OCC[N+](=O)[O-])CCOCC1. The third kappa shape index (κ3) is 3.21. The van der Waals surface area contributed by atoms with E-state index in [1.807, 2.05) is 0 Å². The fourth-order valence-corrected chi connectivity index (χ4v) is 1.40. The number of hydrogen-bond donors (Lipinski definition) is 0. The molecular formula is C8H15NO5. The minimum Gasteiger partial charge on any atom is -0.381 e. The van der Waals surface area contributed by atoms with Crippen molar-refractivity contribution in [2.75, 3.05) is 33.5 Å². The fourth-order valence-electron chi connectivity index (χ4n) is 1.40. The molecule has 14 heavy (non-hydrogen) atoms. The van der Waals surface area contributed by atoms with Crippen molar-refractivity contribution in [3.8, 4) is 0 Å². The molecule has 6 nitrogen and oxygen atoms in total. The first-order chi connectivity index (χ1) is 6.68. The summed E-state index contributed by atoms with van der Waals surface area (Å²) in [5, 5.41) is 10.1. The van der Waals surface area contributed by atoms with Crippen LogP contribution < -0.4 is 0 Å². The van der Waals surface area contributed by atoms with Crippen LogP contribution in [0.3, 0.4) is 0 Å². The van der Waals surface area contributed by atoms with Crippen LogP contribution in [0.2, 0.25) is 0 Å². The number of ether oxygens (including phenoxy) is 3. The Labute approximate surface area is 82.3 Å². The van der Waals surface area contributed by atoms with Gasteiger partial charge < -0.3 is 14.2 Å². The van der Waals surface area contributed by atoms with E-state index >= 15 is 0 Å². The van der Waals surface area contributed by atoms with Gasteiger partial charge in [0.2, 0.25) is 6.54 Å². The Bertz CT molecular complexity index is 190. The third-order valence-corrected chi connectivity index (χ3v) is 2.27. The molecule has 0 aliphatic carbocycles. The molecule has 1 saturated heterocycles. The highest BCUT2D eigenvalue weighted by molar-refractivity contribution is 4.72. The lowest BCUT2D eigenvalue weighted by molar-refractivity contribution is -0.487. The second-order valence-electron chi connectivity index (χ2n) is 3.13. The Balaban J connectivity index is 2.32. The highest BCUT2D eigenvalue weighted by atomic mass is 16.7. The molecule has 0 radical (unpaired) electrons. The zero-order valence-corrected chi connectivity index (χ0v) is 8.23. The maximum atomic E-state index is 10.1. The number of nitro groups is 1. The summed E-state index contributed by atoms with van der Waals surface area (Å²) in [6, 6.07) is 0. The summed E-state index contributed by atoms with van der Waals surface area (Å²) in [5.41, 5.74) is 0. The summed E-state index contributed by atoms with van der Waals surface area (Å²) < 4.78 is 15.8. The smallest absolute Gasteiger partial charge is 0.227 e. The van der Waals surface area contributed by atoms with Crippen LogP contribution in [0, 0.1) is 10.1 Å². The van der Waals surface area contributed by atoms with Gasteiger partial charge in [-0.3, -0.25) is 10.1 Å². The van der Waals surface area contributed by atoms with Crippen LogP contribution in [0.5, 0.6) is 0 Å². The van der Waals surface area contributed by atoms with Crippen molar-refractivity contribution in [3.05, 3.63) is 10.1 Å². The van der Waals surface area contributed by atoms with E-state index in [0.717, 1.165) is 0 Å². The maximum Gasteiger partial charge on any atom is 0.227 e. The zero-order valence-electron chi connectivity index (χ0n) is 8.23. The predicted octanol–water partition coefficient (Wildman–Crippen LogP) is 0.433. The Morgan fingerprint density at radius 3 is 2.64 bits per heavy atom. The predicted molar refractivity (Wildman–Crippen MR) is 47.6 cm³/mol. The molecule has 0 amide bonds. The zero-order chi connectivity index (χ0) is 10.4. The molecule has 0 spiro atoms. The van der Waals surface area contributed by atoms with Crippen LogP contribution in [-0.2, 0) is 14.2 Å². The summed E-state index contributed by atoms with van der Waals surface area (Å²) in [6.07, 6.45) is 1.25. The molecule has 0 atom stereocenters. The van der Waals surface area contributed by atoms with E-state index in [9.17, 15) is 10.1 Å². The Morgan fingerprint density at radius 2 is 2.14 bits per heavy atom. The largest absolute Gasteiger partial charge is 0.381 e. The van der Waals surface area contributed by atoms with Crippen molar-refractivity contribution < 1.29 is 19.1 Å². The third-order valence-electron chi connectivity index (χ3n) is 2.27. The standard InChI is InChI=1S/C8H15NO5/c1-12-8(2-5-13-6-3-8)14-7-4-9(10)11/h2-7H2,1H3. The lowest BCUT2D eigenvalue weighted by Crippen LogP contribution is -2.41. The summed E-state index contributed by atoms with van der Waals surface area (Å²) >= 11 is 0. The normalized spacial score (nSPS) is 20.6. The molecule has 0 aromatic heterocycles. The van der Waals surface area contributed by atoms with Gasteiger partial charge in [0.1, 0.15) is 6.61 Å². The van der Waals surface area contributed by atoms with Crippen LogP contribution in [0.25, 0.3) is 0 Å². The quantitative estimate of drug-likeness (QED) is 0.370. The van der Waals surface area contributed by atoms with Gasteiger partial charge in [0.15, 0.2) is 5.79 Å². The molecule has 0 unspecified atom stereocenters. The minimum atomic E-state index is -0.672. The van der Waals surface area contributed by atoms with E-state index in [0.29, 0.717) is 26.1 Å². The van der Waals surface area contributed by atoms with Crippen LogP contribution in [0.1, 0.15) is 12.8 Å². The Kier molecular flexibility index (Phi) is 4.24. The topological polar surface area (TPSA) is 70.8 Å². The molecule has 6 heteroatoms. The summed E-state index contributed by atoms with van der Waals surface area (Å²) in [5.74, 6) is -0.672. The summed E-state index contributed by atoms with van der Waals surface area (Å²) in [4.78, 5) is 9.69. The van der Waals surface area contributed by atoms with Gasteiger partial charge in [0.25, 0.3) is 0 Å². The van der Waals surface area contributed by atoms with Gasteiger partial charge in [0, 0.05) is 24.9 Å². The van der Waals surface area contributed by atoms with Crippen molar-refractivity contribution in [1.82, 2.24) is 0 Å². The van der Waals surface area contributed by atoms with Gasteiger partial charge in [0.05, 0.1) is 13.2 Å². The van der Waals surface area contributed by atoms with E-state index in [4.69, 9.17) is 14.2 Å². The molecule has 0 aromatic rings. The Hall–Kier alpha value is -0.720. The Morgan fingerprint density at radius 1 is 1.50 bits per heavy atom. The van der Waals surface area contributed by atoms with Gasteiger partial charge >= 0.3 is 0 Å². The van der Waals surface area contributed by atoms with Crippen LogP contribution in [0.15, 0.2) is 0 Å². The van der Waals surface area contributed by atoms with E-state index in [1.54, 1.807) is 7.11 Å². The van der Waals surface area contributed by atoms with E-state index < -0.39 is 10.7 Å². The molecule has 1 rings (SSSR count). The lowest BCUT2D eigenvalue weighted by Gasteiger charge is -2.35. The summed E-state index contributed by atoms with van der Waals surface area (Å²) in [6.45, 7) is 1.05. The molecule has 1 fully saturated rings. The maximum absolute atomic E-state index is 10.1. The highest BCUT2D eigenvalue weighted by Gasteiger charge is 2.33. The lowest BCUT2D eigenvalue weighted by atomic mass is 10.1. The molecular weight excluding hydrogens is 190 g/mol. The van der Waals surface area contributed by atoms with E-state index in [-0.39, 0.29) is 13.2 Å². The molecule has 1 aliphatic heterocycles. The molecule has 1 heterocycles. The molecule has 82 valence electrons. The fraction of sp³-hybridized carbons (Fsp3) is 1.00. The van der Waals surface area contributed by atoms with Crippen molar-refractivity contribution >= 4 is 0 Å². The second-order valence-corrected chi connectivity index (χ2v) is 3.13. The number of hydrogen-bond acceptors (Lipinski definition) is 5. The molecule has 0 N–H and O–H groups in total. The van der Waals surface area contributed by atoms with Crippen molar-refractivity contribution in [2.45, 2.75) is 18.6 Å². The van der Waals surface area contributed by atoms with Crippen LogP contribution in [-0.4, -0.2) is 44.2 Å². The average molecular weight is 205 g/mol. The van der Waals surface area contributed by atoms with Gasteiger partial charge in [-0.1, -0.05) is 0 Å². The number of rotatable bonds is 5. The highest BCUT2D eigenvalue weighted by Crippen LogP contribution is 2.25. The number of nitrogens with zero attached hydrogens (tertiary/aromatic N) is 1. The first kappa shape index (κ1) is 11.4. The minimum absolute atomic E-state index is 0.0842. The summed E-state index contributed by atoms with van der Waals surface area (Å²) in [7, 11) is 1.55. The number of methoxy groups -OCH3 is 1. The molecule has 0 saturated carbocycles. The van der Waals surface area contributed by atoms with Gasteiger partial charge in [-0.2, -0.15) is 0 Å². The van der Waals surface area contributed by atoms with Crippen molar-refractivity contribution in [1.29, 1.82) is 0 Å². The molecule has 0 aromatic carbocycles. The van der Waals surface area contributed by atoms with Gasteiger partial charge in [-0.25, -0.2) is 0 Å². The van der Waals surface area contributed by atoms with Gasteiger partial charge in [-0.15, -0.1) is 0 Å². The van der Waals surface area contributed by atoms with Gasteiger partial charge in [-0.05, 0) is 0 Å². The molecule has 1 aliphatic rings.